The lowest BCUT2D eigenvalue weighted by atomic mass is 9.22. The molecular formula is C88H86B2N4OS. The van der Waals surface area contributed by atoms with Crippen LogP contribution in [-0.2, 0) is 5.41 Å². The van der Waals surface area contributed by atoms with E-state index in [1.807, 2.05) is 0 Å². The van der Waals surface area contributed by atoms with Crippen LogP contribution in [0.4, 0.5) is 28.4 Å². The molecule has 5 aliphatic carbocycles. The van der Waals surface area contributed by atoms with Crippen LogP contribution < -0.4 is 30.4 Å². The molecular weight excluding hydrogens is 1180 g/mol. The summed E-state index contributed by atoms with van der Waals surface area (Å²) in [6.45, 7) is 7.54. The molecule has 0 aromatic heterocycles. The predicted molar refractivity (Wildman–Crippen MR) is 405 cm³/mol. The van der Waals surface area contributed by atoms with Gasteiger partial charge < -0.3 is 24.3 Å². The van der Waals surface area contributed by atoms with E-state index in [-0.39, 0.29) is 65.4 Å². The van der Waals surface area contributed by atoms with Crippen molar-refractivity contribution in [3.05, 3.63) is 313 Å². The Morgan fingerprint density at radius 1 is 0.500 bits per heavy atom. The highest BCUT2D eigenvalue weighted by Gasteiger charge is 2.63. The van der Waals surface area contributed by atoms with E-state index < -0.39 is 0 Å². The van der Waals surface area contributed by atoms with Gasteiger partial charge in [0, 0.05) is 93.0 Å². The normalized spacial score (nSPS) is 28.2. The number of hydrogen-bond donors (Lipinski definition) is 0. The molecule has 5 fully saturated rings. The summed E-state index contributed by atoms with van der Waals surface area (Å²) < 4.78 is 7.79. The van der Waals surface area contributed by atoms with Gasteiger partial charge in [0.2, 0.25) is 6.71 Å². The van der Waals surface area contributed by atoms with Crippen LogP contribution >= 0.6 is 11.8 Å². The molecule has 8 heteroatoms. The van der Waals surface area contributed by atoms with Crippen molar-refractivity contribution in [3.8, 4) is 16.9 Å². The van der Waals surface area contributed by atoms with Gasteiger partial charge in [-0.05, 0) is 168 Å². The highest BCUT2D eigenvalue weighted by molar-refractivity contribution is 8.01. The van der Waals surface area contributed by atoms with Gasteiger partial charge in [-0.2, -0.15) is 11.8 Å². The average Bonchev–Trinajstić information content (AvgIpc) is 0.697. The summed E-state index contributed by atoms with van der Waals surface area (Å²) in [6, 6.07) is 96.4. The summed E-state index contributed by atoms with van der Waals surface area (Å²) in [5, 5.41) is 0.646. The summed E-state index contributed by atoms with van der Waals surface area (Å²) in [5.74, 6) is 2.75. The van der Waals surface area contributed by atoms with E-state index in [4.69, 9.17) is 4.74 Å². The second-order valence-electron chi connectivity index (χ2n) is 30.2. The van der Waals surface area contributed by atoms with Crippen molar-refractivity contribution in [2.24, 2.45) is 0 Å². The maximum atomic E-state index is 7.79. The first-order valence-electron chi connectivity index (χ1n) is 36.2. The van der Waals surface area contributed by atoms with E-state index >= 15 is 0 Å². The number of anilines is 5. The van der Waals surface area contributed by atoms with Crippen molar-refractivity contribution in [2.75, 3.05) is 14.7 Å². The second-order valence-corrected chi connectivity index (χ2v) is 31.7. The average molecular weight is 1270 g/mol. The summed E-state index contributed by atoms with van der Waals surface area (Å²) in [6.07, 6.45) is 24.6. The third kappa shape index (κ3) is 10.5. The Balaban J connectivity index is 0.804. The van der Waals surface area contributed by atoms with Crippen LogP contribution in [0, 0.1) is 0 Å². The maximum absolute atomic E-state index is 7.79. The molecule has 0 bridgehead atoms. The van der Waals surface area contributed by atoms with E-state index in [2.05, 4.69) is 337 Å². The molecule has 5 nitrogen and oxygen atoms in total. The number of benzene rings is 9. The van der Waals surface area contributed by atoms with Crippen LogP contribution in [0.1, 0.15) is 101 Å². The fourth-order valence-electron chi connectivity index (χ4n) is 20.1. The number of thioether (sulfide) groups is 1. The number of para-hydroxylation sites is 5. The lowest BCUT2D eigenvalue weighted by Crippen LogP contribution is -2.69. The Kier molecular flexibility index (Phi) is 15.5. The van der Waals surface area contributed by atoms with E-state index in [0.29, 0.717) is 35.6 Å². The molecule has 4 aliphatic heterocycles. The van der Waals surface area contributed by atoms with E-state index in [9.17, 15) is 0 Å². The van der Waals surface area contributed by atoms with Gasteiger partial charge in [-0.1, -0.05) is 250 Å². The Morgan fingerprint density at radius 3 is 1.82 bits per heavy atom. The second kappa shape index (κ2) is 24.8. The zero-order valence-electron chi connectivity index (χ0n) is 55.6. The number of allylic oxidation sites excluding steroid dienone is 4. The van der Waals surface area contributed by atoms with Crippen LogP contribution in [0.2, 0.25) is 17.5 Å². The van der Waals surface area contributed by atoms with Crippen LogP contribution in [0.25, 0.3) is 11.1 Å². The number of rotatable bonds is 11. The van der Waals surface area contributed by atoms with Crippen LogP contribution in [0.3, 0.4) is 0 Å². The predicted octanol–water partition coefficient (Wildman–Crippen LogP) is 19.4. The summed E-state index contributed by atoms with van der Waals surface area (Å²) >= 11 is 2.34. The van der Waals surface area contributed by atoms with Crippen molar-refractivity contribution in [3.63, 3.8) is 0 Å². The van der Waals surface area contributed by atoms with Gasteiger partial charge in [-0.3, -0.25) is 0 Å². The Bertz CT molecular complexity index is 4340. The fourth-order valence-corrected chi connectivity index (χ4v) is 22.0. The Morgan fingerprint density at radius 2 is 1.11 bits per heavy atom. The molecule has 0 radical (unpaired) electrons. The first kappa shape index (κ1) is 59.9. The minimum Gasteiger partial charge on any atom is -0.491 e. The van der Waals surface area contributed by atoms with Gasteiger partial charge in [0.25, 0.3) is 0 Å². The van der Waals surface area contributed by atoms with E-state index in [1.165, 1.54) is 85.7 Å². The van der Waals surface area contributed by atoms with Gasteiger partial charge in [0.1, 0.15) is 5.75 Å². The van der Waals surface area contributed by atoms with Gasteiger partial charge in [-0.15, -0.1) is 0 Å². The molecule has 96 heavy (non-hydrogen) atoms. The molecule has 3 saturated carbocycles. The minimum absolute atomic E-state index is 0.00693. The molecule has 9 aliphatic rings. The summed E-state index contributed by atoms with van der Waals surface area (Å²) in [7, 11) is 0. The van der Waals surface area contributed by atoms with Gasteiger partial charge in [-0.25, -0.2) is 0 Å². The monoisotopic (exact) mass is 1270 g/mol. The zero-order valence-corrected chi connectivity index (χ0v) is 56.5. The SMILES string of the molecule is CC(C)(C)c1ccc(C2C=CC=CC2N2C3=CC4SC5CC(N(c6ccccc6)c6ccccc6)CC6C5B(c5ccccc5N6c5ccccc5)C4C=C3B3c4ccccc4OC4CC(N(c5ccc(-c6ccccc6)cc5)C5CCC(c6ccccc6)CC5)CC2C34)cc1. The fraction of sp³-hybridized carbons (Fsp3) is 0.295. The van der Waals surface area contributed by atoms with Crippen molar-refractivity contribution in [1.29, 1.82) is 0 Å². The lowest BCUT2D eigenvalue weighted by Gasteiger charge is -2.62. The smallest absolute Gasteiger partial charge is 0.225 e. The lowest BCUT2D eigenvalue weighted by molar-refractivity contribution is 0.0579. The molecule has 4 heterocycles. The van der Waals surface area contributed by atoms with Crippen LogP contribution in [0.15, 0.2) is 296 Å². The highest BCUT2D eigenvalue weighted by atomic mass is 32.2. The van der Waals surface area contributed by atoms with Crippen molar-refractivity contribution in [1.82, 2.24) is 4.90 Å². The molecule has 12 unspecified atom stereocenters. The van der Waals surface area contributed by atoms with E-state index in [1.54, 1.807) is 5.47 Å². The van der Waals surface area contributed by atoms with Gasteiger partial charge in [0.05, 0.1) is 12.1 Å². The van der Waals surface area contributed by atoms with Gasteiger partial charge >= 0.3 is 0 Å². The van der Waals surface area contributed by atoms with Crippen LogP contribution in [-0.4, -0.2) is 71.2 Å². The standard InChI is InChI=1S/C88H86B2N4OS/c1-88(2,3)64-47-41-63(42-48-64)72-35-19-22-38-77(72)94-79-58-84-76(89-73-36-20-23-39-78(73)93(67-33-17-8-18-34-67)81-54-71(56-85(96-84)87(81)89)91(65-29-13-6-14-30-65)66-31-15-7-16-32-66)57-75(79)90-74-37-21-24-40-82(74)95-83-55-70(53-80(94)86(83)90)92(68-49-43-61(44-50-68)59-25-9-4-10-26-59)69-51-45-62(46-52-69)60-27-11-5-12-28-60/h4-44,47-50,57-58,62,69-72,76-77,80-81,83-87H,45-46,51-56H2,1-3H3. The topological polar surface area (TPSA) is 22.2 Å². The minimum atomic E-state index is 0.00693. The van der Waals surface area contributed by atoms with Crippen molar-refractivity contribution in [2.45, 2.75) is 160 Å². The van der Waals surface area contributed by atoms with E-state index in [0.717, 1.165) is 44.3 Å². The molecule has 0 amide bonds. The maximum Gasteiger partial charge on any atom is 0.225 e. The Labute approximate surface area is 574 Å². The molecule has 12 atom stereocenters. The number of nitrogens with zero attached hydrogens (tertiary/aromatic N) is 4. The molecule has 2 saturated heterocycles. The summed E-state index contributed by atoms with van der Waals surface area (Å²) in [5.41, 5.74) is 19.3. The van der Waals surface area contributed by atoms with Crippen molar-refractivity contribution < 1.29 is 4.74 Å². The molecule has 0 spiro atoms. The zero-order chi connectivity index (χ0) is 64.0. The molecule has 9 aromatic rings. The molecule has 18 rings (SSSR count). The molecule has 0 N–H and O–H groups in total. The molecule has 9 aromatic carbocycles. The quantitative estimate of drug-likeness (QED) is 0.120. The number of fused-ring (bicyclic) bond motifs is 8. The van der Waals surface area contributed by atoms with Crippen molar-refractivity contribution >= 4 is 64.5 Å². The largest absolute Gasteiger partial charge is 0.491 e. The first-order valence-corrected chi connectivity index (χ1v) is 37.1. The number of hydrogen-bond acceptors (Lipinski definition) is 6. The molecule has 476 valence electrons. The third-order valence-electron chi connectivity index (χ3n) is 24.2. The Hall–Kier alpha value is -8.58. The first-order chi connectivity index (χ1) is 47.3. The van der Waals surface area contributed by atoms with Crippen LogP contribution in [0.5, 0.6) is 5.75 Å². The van der Waals surface area contributed by atoms with Gasteiger partial charge in [0.15, 0.2) is 6.71 Å². The summed E-state index contributed by atoms with van der Waals surface area (Å²) in [4.78, 5) is 11.6. The highest BCUT2D eigenvalue weighted by Crippen LogP contribution is 2.62. The third-order valence-corrected chi connectivity index (χ3v) is 25.8. The number of ether oxygens (including phenoxy) is 1.